The molecule has 0 fully saturated rings. The number of nitrogens with zero attached hydrogens (tertiary/aromatic N) is 1. The van der Waals surface area contributed by atoms with Crippen LogP contribution in [0.5, 0.6) is 0 Å². The van der Waals surface area contributed by atoms with Crippen LogP contribution in [0.1, 0.15) is 141 Å². The molecule has 1 atom stereocenters. The van der Waals surface area contributed by atoms with Gasteiger partial charge < -0.3 is 4.90 Å². The third-order valence-electron chi connectivity index (χ3n) is 12.4. The Morgan fingerprint density at radius 3 is 1.29 bits per heavy atom. The zero-order chi connectivity index (χ0) is 45.4. The van der Waals surface area contributed by atoms with Crippen LogP contribution >= 0.6 is 31.9 Å². The number of anilines is 3. The van der Waals surface area contributed by atoms with Gasteiger partial charge in [-0.05, 0) is 146 Å². The molecule has 0 N–H and O–H groups in total. The Morgan fingerprint density at radius 1 is 0.435 bits per heavy atom. The maximum absolute atomic E-state index is 3.72. The fourth-order valence-corrected chi connectivity index (χ4v) is 8.81. The number of halogens is 2. The van der Waals surface area contributed by atoms with Gasteiger partial charge in [0.25, 0.3) is 0 Å². The summed E-state index contributed by atoms with van der Waals surface area (Å²) in [7, 11) is 0. The Morgan fingerprint density at radius 2 is 0.823 bits per heavy atom. The van der Waals surface area contributed by atoms with Gasteiger partial charge in [0, 0.05) is 31.1 Å². The van der Waals surface area contributed by atoms with Crippen molar-refractivity contribution in [1.82, 2.24) is 0 Å². The summed E-state index contributed by atoms with van der Waals surface area (Å²) in [6, 6.07) is 50.2. The molecule has 0 aliphatic heterocycles. The summed E-state index contributed by atoms with van der Waals surface area (Å²) in [6.07, 6.45) is 2.10. The lowest BCUT2D eigenvalue weighted by Gasteiger charge is -2.32. The Labute approximate surface area is 391 Å². The lowest BCUT2D eigenvalue weighted by molar-refractivity contribution is 0.590. The summed E-state index contributed by atoms with van der Waals surface area (Å²) in [5.41, 5.74) is 13.5. The van der Waals surface area contributed by atoms with Crippen LogP contribution in [0.4, 0.5) is 17.1 Å². The standard InChI is InChI=1S/C48H53Br2N.C11H16/c1-31(11-12-32-13-19-36(49)20-14-32)44-40-27-17-35(48(8,9)10)30-43(40)45(41-28-18-34(29-42(41)44)47(5,6)7)51(39-25-21-37(50)22-26-39)38-23-15-33(16-24-38)46(2,3)4;1-9-5-7-10(8-6-9)11(2,3)4/h13-31H,11-12H2,1-10H3;5-8H,1-4H3. The molecule has 0 aliphatic carbocycles. The van der Waals surface area contributed by atoms with Crippen LogP contribution in [0.3, 0.4) is 0 Å². The number of rotatable bonds is 7. The van der Waals surface area contributed by atoms with E-state index in [1.54, 1.807) is 0 Å². The van der Waals surface area contributed by atoms with E-state index >= 15 is 0 Å². The number of aryl methyl sites for hydroxylation is 2. The van der Waals surface area contributed by atoms with Crippen molar-refractivity contribution in [2.75, 3.05) is 4.90 Å². The first-order chi connectivity index (χ1) is 28.9. The van der Waals surface area contributed by atoms with Gasteiger partial charge in [0.15, 0.2) is 0 Å². The number of hydrogen-bond acceptors (Lipinski definition) is 1. The third-order valence-corrected chi connectivity index (χ3v) is 13.4. The molecule has 0 saturated heterocycles. The summed E-state index contributed by atoms with van der Waals surface area (Å²) in [6.45, 7) is 32.1. The largest absolute Gasteiger partial charge is 0.309 e. The Kier molecular flexibility index (Phi) is 14.1. The molecular weight excluding hydrogens is 882 g/mol. The zero-order valence-corrected chi connectivity index (χ0v) is 43.1. The maximum Gasteiger partial charge on any atom is 0.0618 e. The van der Waals surface area contributed by atoms with Gasteiger partial charge in [-0.2, -0.15) is 0 Å². The highest BCUT2D eigenvalue weighted by molar-refractivity contribution is 9.10. The second kappa shape index (κ2) is 18.5. The van der Waals surface area contributed by atoms with Gasteiger partial charge in [0.2, 0.25) is 0 Å². The van der Waals surface area contributed by atoms with Gasteiger partial charge in [-0.25, -0.2) is 0 Å². The first-order valence-electron chi connectivity index (χ1n) is 22.4. The van der Waals surface area contributed by atoms with Crippen LogP contribution in [0.25, 0.3) is 21.5 Å². The van der Waals surface area contributed by atoms with Crippen LogP contribution in [-0.2, 0) is 28.1 Å². The molecule has 3 heteroatoms. The normalized spacial score (nSPS) is 12.9. The van der Waals surface area contributed by atoms with E-state index in [0.717, 1.165) is 33.2 Å². The Hall–Kier alpha value is -4.18. The van der Waals surface area contributed by atoms with Gasteiger partial charge >= 0.3 is 0 Å². The average molecular weight is 952 g/mol. The fraction of sp³-hybridized carbons (Fsp3) is 0.356. The lowest BCUT2D eigenvalue weighted by Crippen LogP contribution is -2.16. The van der Waals surface area contributed by atoms with Gasteiger partial charge in [0.05, 0.1) is 5.69 Å². The molecule has 7 rings (SSSR count). The molecule has 0 saturated carbocycles. The van der Waals surface area contributed by atoms with Crippen molar-refractivity contribution in [1.29, 1.82) is 0 Å². The first-order valence-corrected chi connectivity index (χ1v) is 24.0. The lowest BCUT2D eigenvalue weighted by atomic mass is 9.79. The molecule has 7 aromatic rings. The van der Waals surface area contributed by atoms with Gasteiger partial charge in [-0.1, -0.05) is 206 Å². The van der Waals surface area contributed by atoms with Crippen LogP contribution in [0, 0.1) is 6.92 Å². The molecule has 0 aromatic heterocycles. The quantitative estimate of drug-likeness (QED) is 0.144. The van der Waals surface area contributed by atoms with Crippen molar-refractivity contribution in [2.24, 2.45) is 0 Å². The summed E-state index contributed by atoms with van der Waals surface area (Å²) in [4.78, 5) is 2.50. The summed E-state index contributed by atoms with van der Waals surface area (Å²) in [5, 5.41) is 5.28. The molecule has 0 heterocycles. The van der Waals surface area contributed by atoms with E-state index in [-0.39, 0.29) is 21.7 Å². The van der Waals surface area contributed by atoms with Gasteiger partial charge in [0.1, 0.15) is 0 Å². The molecule has 324 valence electrons. The van der Waals surface area contributed by atoms with Crippen molar-refractivity contribution >= 4 is 70.5 Å². The molecule has 1 unspecified atom stereocenters. The molecule has 1 nitrogen and oxygen atoms in total. The molecule has 0 spiro atoms. The van der Waals surface area contributed by atoms with Crippen molar-refractivity contribution in [2.45, 2.75) is 137 Å². The number of benzene rings is 7. The van der Waals surface area contributed by atoms with Crippen LogP contribution in [0.15, 0.2) is 142 Å². The smallest absolute Gasteiger partial charge is 0.0618 e. The van der Waals surface area contributed by atoms with Crippen molar-refractivity contribution in [3.63, 3.8) is 0 Å². The van der Waals surface area contributed by atoms with Gasteiger partial charge in [-0.3, -0.25) is 0 Å². The second-order valence-corrected chi connectivity index (χ2v) is 23.4. The van der Waals surface area contributed by atoms with Crippen molar-refractivity contribution < 1.29 is 0 Å². The number of hydrogen-bond donors (Lipinski definition) is 0. The molecule has 0 aliphatic rings. The minimum Gasteiger partial charge on any atom is -0.309 e. The van der Waals surface area contributed by atoms with E-state index < -0.39 is 0 Å². The van der Waals surface area contributed by atoms with Crippen LogP contribution in [0.2, 0.25) is 0 Å². The maximum atomic E-state index is 3.72. The molecule has 0 bridgehead atoms. The zero-order valence-electron chi connectivity index (χ0n) is 39.9. The highest BCUT2D eigenvalue weighted by Gasteiger charge is 2.27. The van der Waals surface area contributed by atoms with E-state index in [2.05, 4.69) is 267 Å². The second-order valence-electron chi connectivity index (χ2n) is 21.6. The SMILES string of the molecule is CC(CCc1ccc(Br)cc1)c1c2cc(C(C)(C)C)ccc2c(N(c2ccc(Br)cc2)c2ccc(C(C)(C)C)cc2)c2cc(C(C)(C)C)ccc12.Cc1ccc(C(C)(C)C)cc1. The average Bonchev–Trinajstić information content (AvgIpc) is 3.20. The summed E-state index contributed by atoms with van der Waals surface area (Å²) < 4.78 is 2.20. The van der Waals surface area contributed by atoms with Crippen molar-refractivity contribution in [3.8, 4) is 0 Å². The van der Waals surface area contributed by atoms with Gasteiger partial charge in [-0.15, -0.1) is 0 Å². The molecule has 7 aromatic carbocycles. The van der Waals surface area contributed by atoms with Crippen LogP contribution < -0.4 is 4.90 Å². The Balaban J connectivity index is 0.000000508. The first kappa shape index (κ1) is 47.3. The molecule has 62 heavy (non-hydrogen) atoms. The molecular formula is C59H69Br2N. The minimum atomic E-state index is 0.000665. The topological polar surface area (TPSA) is 3.24 Å². The predicted octanol–water partition coefficient (Wildman–Crippen LogP) is 18.9. The summed E-state index contributed by atoms with van der Waals surface area (Å²) in [5.74, 6) is 0.343. The van der Waals surface area contributed by atoms with E-state index in [1.807, 2.05) is 0 Å². The van der Waals surface area contributed by atoms with Crippen LogP contribution in [-0.4, -0.2) is 0 Å². The molecule has 0 radical (unpaired) electrons. The number of fused-ring (bicyclic) bond motifs is 2. The third kappa shape index (κ3) is 11.1. The van der Waals surface area contributed by atoms with E-state index in [1.165, 1.54) is 66.2 Å². The highest BCUT2D eigenvalue weighted by atomic mass is 79.9. The van der Waals surface area contributed by atoms with Crippen molar-refractivity contribution in [3.05, 3.63) is 181 Å². The predicted molar refractivity (Wildman–Crippen MR) is 281 cm³/mol. The van der Waals surface area contributed by atoms with E-state index in [4.69, 9.17) is 0 Å². The minimum absolute atomic E-state index is 0.000665. The summed E-state index contributed by atoms with van der Waals surface area (Å²) >= 11 is 7.34. The van der Waals surface area contributed by atoms with E-state index in [9.17, 15) is 0 Å². The monoisotopic (exact) mass is 949 g/mol. The fourth-order valence-electron chi connectivity index (χ4n) is 8.28. The highest BCUT2D eigenvalue weighted by Crippen LogP contribution is 2.49. The Bertz CT molecular complexity index is 2610. The molecule has 0 amide bonds. The van der Waals surface area contributed by atoms with E-state index in [0.29, 0.717) is 5.92 Å².